The Kier molecular flexibility index (Phi) is 7.81. The lowest BCUT2D eigenvalue weighted by Gasteiger charge is -2.13. The van der Waals surface area contributed by atoms with Gasteiger partial charge in [0, 0.05) is 11.4 Å². The van der Waals surface area contributed by atoms with E-state index >= 15 is 0 Å². The SMILES string of the molecule is COc1ccc(NC(=O)c2nnc(CSCC(=O)N[C@H](C)c3ccccc3)s2)cc1. The van der Waals surface area contributed by atoms with Gasteiger partial charge in [0.05, 0.1) is 18.9 Å². The number of hydrogen-bond acceptors (Lipinski definition) is 7. The van der Waals surface area contributed by atoms with Crippen LogP contribution in [0, 0.1) is 0 Å². The van der Waals surface area contributed by atoms with Crippen molar-refractivity contribution in [2.24, 2.45) is 0 Å². The highest BCUT2D eigenvalue weighted by atomic mass is 32.2. The van der Waals surface area contributed by atoms with Crippen molar-refractivity contribution in [2.75, 3.05) is 18.2 Å². The van der Waals surface area contributed by atoms with Crippen LogP contribution in [0.25, 0.3) is 0 Å². The lowest BCUT2D eigenvalue weighted by molar-refractivity contribution is -0.119. The summed E-state index contributed by atoms with van der Waals surface area (Å²) < 4.78 is 5.10. The maximum absolute atomic E-state index is 12.3. The Morgan fingerprint density at radius 2 is 1.83 bits per heavy atom. The smallest absolute Gasteiger partial charge is 0.286 e. The zero-order valence-electron chi connectivity index (χ0n) is 16.6. The summed E-state index contributed by atoms with van der Waals surface area (Å²) in [6.07, 6.45) is 0. The largest absolute Gasteiger partial charge is 0.497 e. The number of carbonyl (C=O) groups is 2. The molecule has 0 aliphatic carbocycles. The van der Waals surface area contributed by atoms with Crippen molar-refractivity contribution in [3.8, 4) is 5.75 Å². The second kappa shape index (κ2) is 10.7. The second-order valence-corrected chi connectivity index (χ2v) is 8.42. The van der Waals surface area contributed by atoms with Crippen molar-refractivity contribution < 1.29 is 14.3 Å². The summed E-state index contributed by atoms with van der Waals surface area (Å²) in [4.78, 5) is 24.5. The number of nitrogens with one attached hydrogen (secondary N) is 2. The Morgan fingerprint density at radius 1 is 1.10 bits per heavy atom. The average molecular weight is 443 g/mol. The molecule has 3 rings (SSSR count). The van der Waals surface area contributed by atoms with Gasteiger partial charge in [-0.3, -0.25) is 9.59 Å². The minimum atomic E-state index is -0.316. The Morgan fingerprint density at radius 3 is 2.53 bits per heavy atom. The first kappa shape index (κ1) is 21.8. The molecule has 1 heterocycles. The number of rotatable bonds is 9. The zero-order valence-corrected chi connectivity index (χ0v) is 18.3. The van der Waals surface area contributed by atoms with E-state index in [4.69, 9.17) is 4.74 Å². The molecule has 156 valence electrons. The maximum atomic E-state index is 12.3. The molecule has 9 heteroatoms. The fourth-order valence-corrected chi connectivity index (χ4v) is 4.22. The van der Waals surface area contributed by atoms with Gasteiger partial charge in [-0.05, 0) is 36.8 Å². The number of amides is 2. The molecule has 1 atom stereocenters. The number of anilines is 1. The summed E-state index contributed by atoms with van der Waals surface area (Å²) in [7, 11) is 1.59. The number of thioether (sulfide) groups is 1. The Bertz CT molecular complexity index is 977. The van der Waals surface area contributed by atoms with Crippen molar-refractivity contribution in [3.05, 3.63) is 70.2 Å². The number of carbonyl (C=O) groups excluding carboxylic acids is 2. The average Bonchev–Trinajstić information content (AvgIpc) is 3.24. The molecular formula is C21H22N4O3S2. The molecule has 30 heavy (non-hydrogen) atoms. The van der Waals surface area contributed by atoms with E-state index in [1.165, 1.54) is 23.1 Å². The van der Waals surface area contributed by atoms with Gasteiger partial charge in [0.25, 0.3) is 5.91 Å². The Hall–Kier alpha value is -2.91. The molecule has 0 aliphatic rings. The Balaban J connectivity index is 1.43. The highest BCUT2D eigenvalue weighted by Gasteiger charge is 2.14. The van der Waals surface area contributed by atoms with E-state index in [1.54, 1.807) is 31.4 Å². The van der Waals surface area contributed by atoms with E-state index in [2.05, 4.69) is 20.8 Å². The first-order chi connectivity index (χ1) is 14.5. The first-order valence-corrected chi connectivity index (χ1v) is 11.2. The number of aromatic nitrogens is 2. The summed E-state index contributed by atoms with van der Waals surface area (Å²) >= 11 is 2.65. The summed E-state index contributed by atoms with van der Waals surface area (Å²) in [6, 6.07) is 16.8. The van der Waals surface area contributed by atoms with Crippen LogP contribution in [0.5, 0.6) is 5.75 Å². The first-order valence-electron chi connectivity index (χ1n) is 9.25. The van der Waals surface area contributed by atoms with Gasteiger partial charge in [-0.1, -0.05) is 41.7 Å². The molecule has 0 unspecified atom stereocenters. The van der Waals surface area contributed by atoms with E-state index in [1.807, 2.05) is 37.3 Å². The monoisotopic (exact) mass is 442 g/mol. The third kappa shape index (κ3) is 6.30. The molecule has 2 amide bonds. The molecule has 0 spiro atoms. The van der Waals surface area contributed by atoms with Crippen LogP contribution < -0.4 is 15.4 Å². The van der Waals surface area contributed by atoms with Crippen LogP contribution in [0.15, 0.2) is 54.6 Å². The number of ether oxygens (including phenoxy) is 1. The molecule has 0 bridgehead atoms. The van der Waals surface area contributed by atoms with Crippen molar-refractivity contribution in [2.45, 2.75) is 18.7 Å². The molecule has 0 saturated carbocycles. The van der Waals surface area contributed by atoms with Crippen LogP contribution in [0.1, 0.15) is 33.3 Å². The number of benzene rings is 2. The molecule has 7 nitrogen and oxygen atoms in total. The number of nitrogens with zero attached hydrogens (tertiary/aromatic N) is 2. The van der Waals surface area contributed by atoms with Crippen LogP contribution in [-0.2, 0) is 10.5 Å². The molecule has 0 fully saturated rings. The quantitative estimate of drug-likeness (QED) is 0.522. The van der Waals surface area contributed by atoms with E-state index < -0.39 is 0 Å². The normalized spacial score (nSPS) is 11.5. The highest BCUT2D eigenvalue weighted by molar-refractivity contribution is 7.99. The lowest BCUT2D eigenvalue weighted by atomic mass is 10.1. The summed E-state index contributed by atoms with van der Waals surface area (Å²) in [5.74, 6) is 1.18. The van der Waals surface area contributed by atoms with Gasteiger partial charge in [0.2, 0.25) is 10.9 Å². The van der Waals surface area contributed by atoms with Gasteiger partial charge < -0.3 is 15.4 Å². The van der Waals surface area contributed by atoms with Crippen molar-refractivity contribution >= 4 is 40.6 Å². The fraction of sp³-hybridized carbons (Fsp3) is 0.238. The van der Waals surface area contributed by atoms with Gasteiger partial charge >= 0.3 is 0 Å². The van der Waals surface area contributed by atoms with Gasteiger partial charge in [0.15, 0.2) is 0 Å². The topological polar surface area (TPSA) is 93.2 Å². The van der Waals surface area contributed by atoms with Crippen LogP contribution in [0.4, 0.5) is 5.69 Å². The minimum absolute atomic E-state index is 0.0432. The molecule has 3 aromatic rings. The molecule has 0 saturated heterocycles. The van der Waals surface area contributed by atoms with Crippen molar-refractivity contribution in [3.63, 3.8) is 0 Å². The third-order valence-electron chi connectivity index (χ3n) is 4.14. The molecular weight excluding hydrogens is 420 g/mol. The second-order valence-electron chi connectivity index (χ2n) is 6.38. The standard InChI is InChI=1S/C21H22N4O3S2/c1-14(15-6-4-3-5-7-15)22-18(26)12-29-13-19-24-25-21(30-19)20(27)23-16-8-10-17(28-2)11-9-16/h3-11,14H,12-13H2,1-2H3,(H,22,26)(H,23,27)/t14-/m1/s1. The van der Waals surface area contributed by atoms with E-state index in [0.29, 0.717) is 28.0 Å². The predicted molar refractivity (Wildman–Crippen MR) is 120 cm³/mol. The molecule has 1 aromatic heterocycles. The Labute approximate surface area is 183 Å². The van der Waals surface area contributed by atoms with E-state index in [0.717, 1.165) is 5.56 Å². The van der Waals surface area contributed by atoms with Crippen LogP contribution in [0.2, 0.25) is 0 Å². The highest BCUT2D eigenvalue weighted by Crippen LogP contribution is 2.20. The van der Waals surface area contributed by atoms with Crippen LogP contribution in [0.3, 0.4) is 0 Å². The van der Waals surface area contributed by atoms with Gasteiger partial charge in [-0.15, -0.1) is 22.0 Å². The summed E-state index contributed by atoms with van der Waals surface area (Å²) in [6.45, 7) is 1.95. The lowest BCUT2D eigenvalue weighted by Crippen LogP contribution is -2.28. The molecule has 2 aromatic carbocycles. The van der Waals surface area contributed by atoms with Crippen molar-refractivity contribution in [1.82, 2.24) is 15.5 Å². The summed E-state index contributed by atoms with van der Waals surface area (Å²) in [5, 5.41) is 14.7. The van der Waals surface area contributed by atoms with E-state index in [9.17, 15) is 9.59 Å². The minimum Gasteiger partial charge on any atom is -0.497 e. The van der Waals surface area contributed by atoms with Crippen LogP contribution >= 0.6 is 23.1 Å². The van der Waals surface area contributed by atoms with Crippen molar-refractivity contribution in [1.29, 1.82) is 0 Å². The molecule has 0 radical (unpaired) electrons. The van der Waals surface area contributed by atoms with Gasteiger partial charge in [-0.2, -0.15) is 0 Å². The zero-order chi connectivity index (χ0) is 21.3. The summed E-state index contributed by atoms with van der Waals surface area (Å²) in [5.41, 5.74) is 1.71. The van der Waals surface area contributed by atoms with Crippen LogP contribution in [-0.4, -0.2) is 34.9 Å². The fourth-order valence-electron chi connectivity index (χ4n) is 2.60. The van der Waals surface area contributed by atoms with Gasteiger partial charge in [0.1, 0.15) is 10.8 Å². The number of hydrogen-bond donors (Lipinski definition) is 2. The third-order valence-corrected chi connectivity index (χ3v) is 6.19. The number of methoxy groups -OCH3 is 1. The van der Waals surface area contributed by atoms with E-state index in [-0.39, 0.29) is 22.9 Å². The molecule has 2 N–H and O–H groups in total. The predicted octanol–water partition coefficient (Wildman–Crippen LogP) is 3.91. The maximum Gasteiger partial charge on any atom is 0.286 e. The molecule has 0 aliphatic heterocycles. The van der Waals surface area contributed by atoms with Gasteiger partial charge in [-0.25, -0.2) is 0 Å².